The van der Waals surface area contributed by atoms with Crippen LogP contribution in [0.15, 0.2) is 65.7 Å². The Hall–Kier alpha value is -2.42. The van der Waals surface area contributed by atoms with Crippen molar-refractivity contribution in [2.75, 3.05) is 0 Å². The normalized spacial score (nSPS) is 11.2. The van der Waals surface area contributed by atoms with Crippen LogP contribution in [0.2, 0.25) is 0 Å². The SMILES string of the molecule is CC(CC(=O)OCc1ccccc1)=Nc1ccccc1. The summed E-state index contributed by atoms with van der Waals surface area (Å²) in [7, 11) is 0. The van der Waals surface area contributed by atoms with Gasteiger partial charge in [0, 0.05) is 5.71 Å². The highest BCUT2D eigenvalue weighted by atomic mass is 16.5. The Morgan fingerprint density at radius 3 is 2.25 bits per heavy atom. The third-order valence-electron chi connectivity index (χ3n) is 2.72. The maximum atomic E-state index is 11.7. The second-order valence-corrected chi connectivity index (χ2v) is 4.51. The second kappa shape index (κ2) is 7.24. The number of rotatable bonds is 5. The topological polar surface area (TPSA) is 38.7 Å². The first kappa shape index (κ1) is 14.0. The quantitative estimate of drug-likeness (QED) is 0.608. The molecule has 0 aliphatic carbocycles. The molecule has 2 aromatic carbocycles. The highest BCUT2D eigenvalue weighted by Gasteiger charge is 2.05. The molecule has 3 nitrogen and oxygen atoms in total. The van der Waals surface area contributed by atoms with E-state index in [1.54, 1.807) is 0 Å². The van der Waals surface area contributed by atoms with Crippen molar-refractivity contribution in [3.63, 3.8) is 0 Å². The molecule has 0 amide bonds. The van der Waals surface area contributed by atoms with Crippen molar-refractivity contribution in [3.8, 4) is 0 Å². The number of aliphatic imine (C=N–C) groups is 1. The summed E-state index contributed by atoms with van der Waals surface area (Å²) >= 11 is 0. The predicted octanol–water partition coefficient (Wildman–Crippen LogP) is 3.91. The fraction of sp³-hybridized carbons (Fsp3) is 0.176. The summed E-state index contributed by atoms with van der Waals surface area (Å²) in [6.07, 6.45) is 0.210. The van der Waals surface area contributed by atoms with Gasteiger partial charge >= 0.3 is 5.97 Å². The van der Waals surface area contributed by atoms with Crippen LogP contribution in [0.25, 0.3) is 0 Å². The monoisotopic (exact) mass is 267 g/mol. The lowest BCUT2D eigenvalue weighted by atomic mass is 10.2. The minimum atomic E-state index is -0.258. The van der Waals surface area contributed by atoms with Gasteiger partial charge in [0.1, 0.15) is 6.61 Å². The molecule has 0 atom stereocenters. The van der Waals surface area contributed by atoms with Gasteiger partial charge in [0.25, 0.3) is 0 Å². The van der Waals surface area contributed by atoms with Crippen LogP contribution in [0.1, 0.15) is 18.9 Å². The van der Waals surface area contributed by atoms with Crippen LogP contribution in [-0.4, -0.2) is 11.7 Å². The van der Waals surface area contributed by atoms with E-state index in [-0.39, 0.29) is 12.4 Å². The largest absolute Gasteiger partial charge is 0.461 e. The number of nitrogens with zero attached hydrogens (tertiary/aromatic N) is 1. The Labute approximate surface area is 118 Å². The number of ether oxygens (including phenoxy) is 1. The molecule has 0 aromatic heterocycles. The molecule has 20 heavy (non-hydrogen) atoms. The average molecular weight is 267 g/mol. The molecule has 0 bridgehead atoms. The fourth-order valence-corrected chi connectivity index (χ4v) is 1.76. The lowest BCUT2D eigenvalue weighted by Crippen LogP contribution is -2.09. The van der Waals surface area contributed by atoms with Crippen molar-refractivity contribution in [1.29, 1.82) is 0 Å². The van der Waals surface area contributed by atoms with Crippen molar-refractivity contribution >= 4 is 17.4 Å². The maximum Gasteiger partial charge on any atom is 0.311 e. The molecule has 0 saturated carbocycles. The summed E-state index contributed by atoms with van der Waals surface area (Å²) in [5, 5.41) is 0. The highest BCUT2D eigenvalue weighted by molar-refractivity contribution is 5.98. The molecule has 0 unspecified atom stereocenters. The van der Waals surface area contributed by atoms with Crippen LogP contribution in [-0.2, 0) is 16.1 Å². The molecule has 0 radical (unpaired) electrons. The molecule has 0 spiro atoms. The standard InChI is InChI=1S/C17H17NO2/c1-14(18-16-10-6-3-7-11-16)12-17(19)20-13-15-8-4-2-5-9-15/h2-11H,12-13H2,1H3. The average Bonchev–Trinajstić information content (AvgIpc) is 2.47. The van der Waals surface area contributed by atoms with Gasteiger partial charge in [-0.1, -0.05) is 48.5 Å². The number of benzene rings is 2. The first-order chi connectivity index (χ1) is 9.74. The molecule has 0 aliphatic heterocycles. The summed E-state index contributed by atoms with van der Waals surface area (Å²) in [6, 6.07) is 19.2. The van der Waals surface area contributed by atoms with Gasteiger partial charge in [0.05, 0.1) is 12.1 Å². The molecule has 102 valence electrons. The molecule has 0 saturated heterocycles. The zero-order valence-corrected chi connectivity index (χ0v) is 11.5. The third kappa shape index (κ3) is 4.69. The van der Waals surface area contributed by atoms with E-state index in [0.29, 0.717) is 6.61 Å². The van der Waals surface area contributed by atoms with Crippen LogP contribution in [0.5, 0.6) is 0 Å². The van der Waals surface area contributed by atoms with E-state index >= 15 is 0 Å². The van der Waals surface area contributed by atoms with Crippen LogP contribution >= 0.6 is 0 Å². The Bertz CT molecular complexity index is 576. The number of carbonyl (C=O) groups is 1. The van der Waals surface area contributed by atoms with Gasteiger partial charge in [-0.25, -0.2) is 0 Å². The Morgan fingerprint density at radius 2 is 1.60 bits per heavy atom. The number of hydrogen-bond donors (Lipinski definition) is 0. The molecule has 0 heterocycles. The predicted molar refractivity (Wildman–Crippen MR) is 80.1 cm³/mol. The Kier molecular flexibility index (Phi) is 5.07. The van der Waals surface area contributed by atoms with Gasteiger partial charge in [-0.2, -0.15) is 0 Å². The van der Waals surface area contributed by atoms with Gasteiger partial charge in [0.2, 0.25) is 0 Å². The first-order valence-corrected chi connectivity index (χ1v) is 6.53. The summed E-state index contributed by atoms with van der Waals surface area (Å²) < 4.78 is 5.22. The van der Waals surface area contributed by atoms with Crippen LogP contribution in [0, 0.1) is 0 Å². The summed E-state index contributed by atoms with van der Waals surface area (Å²) in [6.45, 7) is 2.13. The molecule has 3 heteroatoms. The molecule has 2 rings (SSSR count). The first-order valence-electron chi connectivity index (χ1n) is 6.53. The zero-order chi connectivity index (χ0) is 14.2. The van der Waals surface area contributed by atoms with E-state index in [4.69, 9.17) is 4.74 Å². The van der Waals surface area contributed by atoms with Crippen LogP contribution in [0.4, 0.5) is 5.69 Å². The number of hydrogen-bond acceptors (Lipinski definition) is 3. The fourth-order valence-electron chi connectivity index (χ4n) is 1.76. The Morgan fingerprint density at radius 1 is 1.00 bits per heavy atom. The number of esters is 1. The Balaban J connectivity index is 1.84. The highest BCUT2D eigenvalue weighted by Crippen LogP contribution is 2.11. The smallest absolute Gasteiger partial charge is 0.311 e. The summed E-state index contributed by atoms with van der Waals surface area (Å²) in [4.78, 5) is 16.1. The minimum Gasteiger partial charge on any atom is -0.461 e. The molecule has 0 fully saturated rings. The molecule has 0 aliphatic rings. The molecular weight excluding hydrogens is 250 g/mol. The summed E-state index contributed by atoms with van der Waals surface area (Å²) in [5.74, 6) is -0.258. The maximum absolute atomic E-state index is 11.7. The van der Waals surface area contributed by atoms with Crippen molar-refractivity contribution in [3.05, 3.63) is 66.2 Å². The van der Waals surface area contributed by atoms with E-state index < -0.39 is 0 Å². The number of carbonyl (C=O) groups excluding carboxylic acids is 1. The van der Waals surface area contributed by atoms with Gasteiger partial charge in [-0.15, -0.1) is 0 Å². The van der Waals surface area contributed by atoms with E-state index in [0.717, 1.165) is 17.0 Å². The molecule has 2 aromatic rings. The lowest BCUT2D eigenvalue weighted by molar-refractivity contribution is -0.143. The van der Waals surface area contributed by atoms with Crippen molar-refractivity contribution in [2.24, 2.45) is 4.99 Å². The van der Waals surface area contributed by atoms with Gasteiger partial charge in [-0.3, -0.25) is 9.79 Å². The number of para-hydroxylation sites is 1. The summed E-state index contributed by atoms with van der Waals surface area (Å²) in [5.41, 5.74) is 2.58. The van der Waals surface area contributed by atoms with Gasteiger partial charge in [0.15, 0.2) is 0 Å². The van der Waals surface area contributed by atoms with Gasteiger partial charge in [-0.05, 0) is 24.6 Å². The zero-order valence-electron chi connectivity index (χ0n) is 11.5. The third-order valence-corrected chi connectivity index (χ3v) is 2.72. The van der Waals surface area contributed by atoms with E-state index in [1.807, 2.05) is 67.6 Å². The van der Waals surface area contributed by atoms with Crippen molar-refractivity contribution < 1.29 is 9.53 Å². The molecular formula is C17H17NO2. The van der Waals surface area contributed by atoms with Crippen molar-refractivity contribution in [2.45, 2.75) is 20.0 Å². The van der Waals surface area contributed by atoms with Crippen molar-refractivity contribution in [1.82, 2.24) is 0 Å². The van der Waals surface area contributed by atoms with Crippen LogP contribution < -0.4 is 0 Å². The van der Waals surface area contributed by atoms with E-state index in [9.17, 15) is 4.79 Å². The van der Waals surface area contributed by atoms with Gasteiger partial charge < -0.3 is 4.74 Å². The minimum absolute atomic E-state index is 0.210. The second-order valence-electron chi connectivity index (χ2n) is 4.51. The van der Waals surface area contributed by atoms with E-state index in [2.05, 4.69) is 4.99 Å². The molecule has 0 N–H and O–H groups in total. The van der Waals surface area contributed by atoms with E-state index in [1.165, 1.54) is 0 Å². The lowest BCUT2D eigenvalue weighted by Gasteiger charge is -2.05. The van der Waals surface area contributed by atoms with Crippen LogP contribution in [0.3, 0.4) is 0 Å².